The zero-order valence-electron chi connectivity index (χ0n) is 20.0. The van der Waals surface area contributed by atoms with E-state index in [1.165, 1.54) is 22.3 Å². The Labute approximate surface area is 201 Å². The fourth-order valence-electron chi connectivity index (χ4n) is 4.01. The van der Waals surface area contributed by atoms with E-state index in [0.717, 1.165) is 13.1 Å². The molecule has 0 heterocycles. The van der Waals surface area contributed by atoms with E-state index < -0.39 is 12.1 Å². The van der Waals surface area contributed by atoms with E-state index >= 15 is 0 Å². The second kappa shape index (κ2) is 12.5. The largest absolute Gasteiger partial charge is 0.550 e. The Hall–Kier alpha value is -2.94. The highest BCUT2D eigenvalue weighted by molar-refractivity contribution is 5.79. The summed E-state index contributed by atoms with van der Waals surface area (Å²) < 4.78 is 16.9. The standard InChI is InChI=1S/C26H34N2O6/c1-28(2,14-16-33-18-17-32-15-11-25(29)30)13-12-27-26(31)34-19-24-22-9-5-3-7-20(22)21-8-4-6-10-23(21)24/h3-10,24H,11-19H2,1-2H3,(H-,27,29,30,31). The van der Waals surface area contributed by atoms with Crippen molar-refractivity contribution >= 4 is 12.1 Å². The molecule has 0 bridgehead atoms. The SMILES string of the molecule is C[N+](C)(CCNC(=O)OCC1c2ccccc2-c2ccccc21)CCOCCOCCC(=O)[O-]. The number of amides is 1. The Bertz CT molecular complexity index is 916. The number of alkyl carbamates (subject to hydrolysis) is 1. The summed E-state index contributed by atoms with van der Waals surface area (Å²) in [6.07, 6.45) is -0.521. The molecule has 1 amide bonds. The van der Waals surface area contributed by atoms with E-state index in [-0.39, 0.29) is 18.9 Å². The van der Waals surface area contributed by atoms with Crippen molar-refractivity contribution < 1.29 is 33.4 Å². The van der Waals surface area contributed by atoms with Gasteiger partial charge < -0.3 is 33.9 Å². The van der Waals surface area contributed by atoms with Gasteiger partial charge in [-0.2, -0.15) is 0 Å². The van der Waals surface area contributed by atoms with Crippen molar-refractivity contribution in [2.24, 2.45) is 0 Å². The van der Waals surface area contributed by atoms with Crippen LogP contribution in [-0.4, -0.2) is 83.3 Å². The number of nitrogens with zero attached hydrogens (tertiary/aromatic N) is 1. The first-order valence-corrected chi connectivity index (χ1v) is 11.6. The second-order valence-electron chi connectivity index (χ2n) is 8.98. The lowest BCUT2D eigenvalue weighted by molar-refractivity contribution is -0.889. The van der Waals surface area contributed by atoms with Gasteiger partial charge >= 0.3 is 6.09 Å². The summed E-state index contributed by atoms with van der Waals surface area (Å²) in [6, 6.07) is 16.5. The van der Waals surface area contributed by atoms with Crippen LogP contribution in [0.15, 0.2) is 48.5 Å². The summed E-state index contributed by atoms with van der Waals surface area (Å²) in [5, 5.41) is 13.2. The fraction of sp³-hybridized carbons (Fsp3) is 0.462. The number of aliphatic carboxylic acids is 1. The van der Waals surface area contributed by atoms with Crippen molar-refractivity contribution in [2.45, 2.75) is 12.3 Å². The number of carbonyl (C=O) groups excluding carboxylic acids is 2. The van der Waals surface area contributed by atoms with Crippen LogP contribution in [0.5, 0.6) is 0 Å². The summed E-state index contributed by atoms with van der Waals surface area (Å²) in [7, 11) is 4.14. The number of benzene rings is 2. The van der Waals surface area contributed by atoms with Gasteiger partial charge in [-0.1, -0.05) is 48.5 Å². The van der Waals surface area contributed by atoms with Crippen molar-refractivity contribution in [2.75, 3.05) is 66.8 Å². The molecule has 0 saturated heterocycles. The summed E-state index contributed by atoms with van der Waals surface area (Å²) in [4.78, 5) is 22.6. The van der Waals surface area contributed by atoms with Gasteiger partial charge in [0.05, 0.1) is 53.6 Å². The molecule has 0 aliphatic heterocycles. The van der Waals surface area contributed by atoms with Crippen LogP contribution in [-0.2, 0) is 19.0 Å². The van der Waals surface area contributed by atoms with E-state index in [4.69, 9.17) is 14.2 Å². The Morgan fingerprint density at radius 1 is 0.882 bits per heavy atom. The molecule has 1 aliphatic carbocycles. The molecule has 1 aliphatic rings. The predicted molar refractivity (Wildman–Crippen MR) is 126 cm³/mol. The first-order valence-electron chi connectivity index (χ1n) is 11.6. The van der Waals surface area contributed by atoms with Crippen molar-refractivity contribution in [1.82, 2.24) is 5.32 Å². The van der Waals surface area contributed by atoms with Crippen molar-refractivity contribution in [3.05, 3.63) is 59.7 Å². The highest BCUT2D eigenvalue weighted by Crippen LogP contribution is 2.44. The summed E-state index contributed by atoms with van der Waals surface area (Å²) in [5.74, 6) is -1.07. The fourth-order valence-corrected chi connectivity index (χ4v) is 4.01. The number of carboxylic acid groups (broad SMARTS) is 1. The Morgan fingerprint density at radius 2 is 1.47 bits per heavy atom. The minimum absolute atomic E-state index is 0.0484. The zero-order chi connectivity index (χ0) is 24.4. The molecule has 184 valence electrons. The summed E-state index contributed by atoms with van der Waals surface area (Å²) in [5.41, 5.74) is 4.80. The van der Waals surface area contributed by atoms with Gasteiger partial charge in [-0.15, -0.1) is 0 Å². The van der Waals surface area contributed by atoms with Gasteiger partial charge in [0, 0.05) is 18.3 Å². The number of hydrogen-bond donors (Lipinski definition) is 1. The van der Waals surface area contributed by atoms with Gasteiger partial charge in [0.2, 0.25) is 0 Å². The van der Waals surface area contributed by atoms with Gasteiger partial charge in [-0.05, 0) is 22.3 Å². The minimum atomic E-state index is -1.12. The molecule has 2 aromatic rings. The van der Waals surface area contributed by atoms with Gasteiger partial charge in [0.1, 0.15) is 13.2 Å². The third kappa shape index (κ3) is 7.55. The third-order valence-electron chi connectivity index (χ3n) is 5.99. The molecular formula is C26H34N2O6. The first kappa shape index (κ1) is 25.7. The number of fused-ring (bicyclic) bond motifs is 3. The maximum atomic E-state index is 12.3. The van der Waals surface area contributed by atoms with E-state index in [2.05, 4.69) is 43.7 Å². The predicted octanol–water partition coefficient (Wildman–Crippen LogP) is 1.77. The Balaban J connectivity index is 1.32. The quantitative estimate of drug-likeness (QED) is 0.334. The molecule has 0 unspecified atom stereocenters. The molecule has 3 rings (SSSR count). The molecule has 0 fully saturated rings. The average molecular weight is 471 g/mol. The number of ether oxygens (including phenoxy) is 3. The highest BCUT2D eigenvalue weighted by atomic mass is 16.5. The number of quaternary nitrogens is 1. The monoisotopic (exact) mass is 470 g/mol. The Morgan fingerprint density at radius 3 is 2.09 bits per heavy atom. The van der Waals surface area contributed by atoms with E-state index in [0.29, 0.717) is 37.5 Å². The van der Waals surface area contributed by atoms with Crippen LogP contribution in [0.4, 0.5) is 4.79 Å². The number of likely N-dealkylation sites (N-methyl/N-ethyl adjacent to an activating group) is 1. The second-order valence-corrected chi connectivity index (χ2v) is 8.98. The molecule has 8 nitrogen and oxygen atoms in total. The van der Waals surface area contributed by atoms with Crippen LogP contribution in [0, 0.1) is 0 Å². The van der Waals surface area contributed by atoms with Crippen LogP contribution in [0.1, 0.15) is 23.5 Å². The molecule has 0 spiro atoms. The molecule has 0 saturated carbocycles. The van der Waals surface area contributed by atoms with Crippen molar-refractivity contribution in [3.63, 3.8) is 0 Å². The van der Waals surface area contributed by atoms with Gasteiger partial charge in [-0.3, -0.25) is 0 Å². The lowest BCUT2D eigenvalue weighted by Gasteiger charge is -2.29. The number of carboxylic acids is 1. The van der Waals surface area contributed by atoms with Crippen molar-refractivity contribution in [3.8, 4) is 11.1 Å². The van der Waals surface area contributed by atoms with Crippen LogP contribution < -0.4 is 10.4 Å². The van der Waals surface area contributed by atoms with Crippen LogP contribution >= 0.6 is 0 Å². The van der Waals surface area contributed by atoms with Gasteiger partial charge in [0.15, 0.2) is 0 Å². The molecule has 0 radical (unpaired) electrons. The molecule has 0 atom stereocenters. The first-order chi connectivity index (χ1) is 16.4. The topological polar surface area (TPSA) is 96.9 Å². The summed E-state index contributed by atoms with van der Waals surface area (Å²) >= 11 is 0. The van der Waals surface area contributed by atoms with Crippen LogP contribution in [0.2, 0.25) is 0 Å². The van der Waals surface area contributed by atoms with Gasteiger partial charge in [0.25, 0.3) is 0 Å². The molecule has 34 heavy (non-hydrogen) atoms. The smallest absolute Gasteiger partial charge is 0.407 e. The lowest BCUT2D eigenvalue weighted by atomic mass is 9.98. The Kier molecular flexibility index (Phi) is 9.44. The van der Waals surface area contributed by atoms with Crippen molar-refractivity contribution in [1.29, 1.82) is 0 Å². The number of hydrogen-bond acceptors (Lipinski definition) is 6. The minimum Gasteiger partial charge on any atom is -0.550 e. The van der Waals surface area contributed by atoms with Crippen LogP contribution in [0.3, 0.4) is 0 Å². The van der Waals surface area contributed by atoms with E-state index in [1.54, 1.807) is 0 Å². The maximum Gasteiger partial charge on any atom is 0.407 e. The van der Waals surface area contributed by atoms with Gasteiger partial charge in [-0.25, -0.2) is 4.79 Å². The summed E-state index contributed by atoms with van der Waals surface area (Å²) in [6.45, 7) is 3.74. The molecule has 1 N–H and O–H groups in total. The number of carbonyl (C=O) groups is 2. The van der Waals surface area contributed by atoms with Crippen LogP contribution in [0.25, 0.3) is 11.1 Å². The highest BCUT2D eigenvalue weighted by Gasteiger charge is 2.29. The molecule has 8 heteroatoms. The van der Waals surface area contributed by atoms with E-state index in [1.807, 2.05) is 24.3 Å². The lowest BCUT2D eigenvalue weighted by Crippen LogP contribution is -2.47. The average Bonchev–Trinajstić information content (AvgIpc) is 3.13. The number of rotatable bonds is 14. The normalized spacial score (nSPS) is 12.8. The third-order valence-corrected chi connectivity index (χ3v) is 5.99. The number of nitrogens with one attached hydrogen (secondary N) is 1. The molecule has 0 aromatic heterocycles. The molecular weight excluding hydrogens is 436 g/mol. The zero-order valence-corrected chi connectivity index (χ0v) is 20.0. The maximum absolute atomic E-state index is 12.3. The molecule has 2 aromatic carbocycles. The van der Waals surface area contributed by atoms with E-state index in [9.17, 15) is 14.7 Å².